The Hall–Kier alpha value is -3.32. The van der Waals surface area contributed by atoms with Crippen LogP contribution in [0.3, 0.4) is 0 Å². The lowest BCUT2D eigenvalue weighted by Crippen LogP contribution is -2.37. The van der Waals surface area contributed by atoms with E-state index >= 15 is 0 Å². The van der Waals surface area contributed by atoms with Gasteiger partial charge in [-0.2, -0.15) is 5.10 Å². The summed E-state index contributed by atoms with van der Waals surface area (Å²) in [5.74, 6) is 1.68. The molecule has 2 aromatic carbocycles. The molecule has 1 aliphatic rings. The number of aromatic nitrogens is 2. The van der Waals surface area contributed by atoms with Crippen LogP contribution in [0.1, 0.15) is 30.0 Å². The predicted octanol–water partition coefficient (Wildman–Crippen LogP) is 3.60. The third-order valence-corrected chi connectivity index (χ3v) is 5.29. The third kappa shape index (κ3) is 5.88. The van der Waals surface area contributed by atoms with Gasteiger partial charge in [0.25, 0.3) is 0 Å². The summed E-state index contributed by atoms with van der Waals surface area (Å²) in [4.78, 5) is 4.78. The zero-order valence-corrected chi connectivity index (χ0v) is 18.8. The molecular weight excluding hydrogens is 402 g/mol. The fourth-order valence-corrected chi connectivity index (χ4v) is 3.61. The number of nitrogens with zero attached hydrogens (tertiary/aromatic N) is 3. The van der Waals surface area contributed by atoms with E-state index in [9.17, 15) is 0 Å². The maximum atomic E-state index is 6.22. The number of ether oxygens (including phenoxy) is 2. The molecule has 32 heavy (non-hydrogen) atoms. The zero-order valence-electron chi connectivity index (χ0n) is 18.8. The summed E-state index contributed by atoms with van der Waals surface area (Å²) >= 11 is 0. The van der Waals surface area contributed by atoms with Gasteiger partial charge in [-0.25, -0.2) is 9.67 Å². The molecule has 0 aliphatic carbocycles. The van der Waals surface area contributed by atoms with Gasteiger partial charge in [0.2, 0.25) is 0 Å². The molecule has 1 aliphatic heterocycles. The Kier molecular flexibility index (Phi) is 7.40. The predicted molar refractivity (Wildman–Crippen MR) is 126 cm³/mol. The van der Waals surface area contributed by atoms with Crippen LogP contribution < -0.4 is 15.4 Å². The smallest absolute Gasteiger partial charge is 0.191 e. The Bertz CT molecular complexity index is 1030. The minimum atomic E-state index is 0.125. The van der Waals surface area contributed by atoms with Crippen molar-refractivity contribution in [2.45, 2.75) is 39.5 Å². The van der Waals surface area contributed by atoms with E-state index in [0.29, 0.717) is 19.7 Å². The van der Waals surface area contributed by atoms with Crippen molar-refractivity contribution in [2.24, 2.45) is 4.99 Å². The first kappa shape index (κ1) is 21.9. The van der Waals surface area contributed by atoms with Crippen LogP contribution in [0.25, 0.3) is 5.69 Å². The lowest BCUT2D eigenvalue weighted by molar-refractivity contribution is 0.140. The van der Waals surface area contributed by atoms with Crippen LogP contribution in [-0.4, -0.2) is 41.6 Å². The first-order valence-corrected chi connectivity index (χ1v) is 11.2. The fraction of sp³-hybridized carbons (Fsp3) is 0.360. The van der Waals surface area contributed by atoms with Crippen LogP contribution in [0.5, 0.6) is 5.75 Å². The lowest BCUT2D eigenvalue weighted by Gasteiger charge is -2.18. The molecule has 0 saturated carbocycles. The van der Waals surface area contributed by atoms with E-state index in [1.54, 1.807) is 6.20 Å². The second kappa shape index (κ2) is 10.8. The lowest BCUT2D eigenvalue weighted by atomic mass is 10.1. The molecule has 2 N–H and O–H groups in total. The molecule has 1 aromatic heterocycles. The highest BCUT2D eigenvalue weighted by Crippen LogP contribution is 2.23. The monoisotopic (exact) mass is 433 g/mol. The maximum absolute atomic E-state index is 6.22. The van der Waals surface area contributed by atoms with E-state index in [2.05, 4.69) is 59.9 Å². The van der Waals surface area contributed by atoms with E-state index < -0.39 is 0 Å². The number of hydrogen-bond donors (Lipinski definition) is 2. The summed E-state index contributed by atoms with van der Waals surface area (Å²) in [6.07, 6.45) is 4.77. The number of hydrogen-bond acceptors (Lipinski definition) is 4. The minimum absolute atomic E-state index is 0.125. The molecule has 0 bridgehead atoms. The van der Waals surface area contributed by atoms with Crippen LogP contribution in [0.2, 0.25) is 0 Å². The largest absolute Gasteiger partial charge is 0.488 e. The average molecular weight is 434 g/mol. The van der Waals surface area contributed by atoms with Gasteiger partial charge in [-0.1, -0.05) is 24.3 Å². The highest BCUT2D eigenvalue weighted by atomic mass is 16.5. The number of nitrogens with one attached hydrogen (secondary N) is 2. The average Bonchev–Trinajstić information content (AvgIpc) is 3.51. The van der Waals surface area contributed by atoms with Gasteiger partial charge >= 0.3 is 0 Å². The normalized spacial score (nSPS) is 16.2. The van der Waals surface area contributed by atoms with E-state index in [4.69, 9.17) is 14.5 Å². The Labute approximate surface area is 189 Å². The van der Waals surface area contributed by atoms with Crippen molar-refractivity contribution in [3.05, 3.63) is 77.6 Å². The van der Waals surface area contributed by atoms with Gasteiger partial charge in [-0.3, -0.25) is 0 Å². The summed E-state index contributed by atoms with van der Waals surface area (Å²) < 4.78 is 13.5. The Morgan fingerprint density at radius 1 is 1.22 bits per heavy atom. The summed E-state index contributed by atoms with van der Waals surface area (Å²) in [6.45, 7) is 7.55. The SMILES string of the molecule is CCNC(=NCc1cccc(-n2cccn2)c1)NCc1ccc(C)cc1OC1CCOC1. The zero-order chi connectivity index (χ0) is 22.2. The number of guanidine groups is 1. The van der Waals surface area contributed by atoms with Crippen molar-refractivity contribution in [3.8, 4) is 11.4 Å². The van der Waals surface area contributed by atoms with Gasteiger partial charge in [0.1, 0.15) is 11.9 Å². The van der Waals surface area contributed by atoms with E-state index in [1.807, 2.05) is 29.1 Å². The number of aliphatic imine (C=N–C) groups is 1. The molecule has 1 atom stereocenters. The quantitative estimate of drug-likeness (QED) is 0.419. The van der Waals surface area contributed by atoms with Crippen molar-refractivity contribution in [1.82, 2.24) is 20.4 Å². The number of rotatable bonds is 8. The molecule has 3 aromatic rings. The Morgan fingerprint density at radius 2 is 2.16 bits per heavy atom. The minimum Gasteiger partial charge on any atom is -0.488 e. The second-order valence-corrected chi connectivity index (χ2v) is 7.88. The van der Waals surface area contributed by atoms with Crippen LogP contribution >= 0.6 is 0 Å². The molecule has 1 unspecified atom stereocenters. The van der Waals surface area contributed by atoms with Crippen LogP contribution in [-0.2, 0) is 17.8 Å². The Balaban J connectivity index is 1.43. The molecule has 7 heteroatoms. The molecule has 0 radical (unpaired) electrons. The molecule has 0 amide bonds. The van der Waals surface area contributed by atoms with Crippen LogP contribution in [0.4, 0.5) is 0 Å². The first-order valence-electron chi connectivity index (χ1n) is 11.2. The van der Waals surface area contributed by atoms with E-state index in [-0.39, 0.29) is 6.10 Å². The van der Waals surface area contributed by atoms with E-state index in [0.717, 1.165) is 48.1 Å². The van der Waals surface area contributed by atoms with Crippen LogP contribution in [0.15, 0.2) is 65.9 Å². The highest BCUT2D eigenvalue weighted by Gasteiger charge is 2.18. The fourth-order valence-electron chi connectivity index (χ4n) is 3.61. The molecule has 1 fully saturated rings. The van der Waals surface area contributed by atoms with Gasteiger partial charge in [0, 0.05) is 37.5 Å². The summed E-state index contributed by atoms with van der Waals surface area (Å²) in [7, 11) is 0. The molecule has 4 rings (SSSR count). The van der Waals surface area contributed by atoms with Crippen molar-refractivity contribution < 1.29 is 9.47 Å². The summed E-state index contributed by atoms with van der Waals surface area (Å²) in [5.41, 5.74) is 4.43. The van der Waals surface area contributed by atoms with Crippen molar-refractivity contribution >= 4 is 5.96 Å². The standard InChI is InChI=1S/C25H31N5O2/c1-3-26-25(27-16-20-6-4-7-22(15-20)30-12-5-11-29-30)28-17-21-9-8-19(2)14-24(21)32-23-10-13-31-18-23/h4-9,11-12,14-15,23H,3,10,13,16-18H2,1-2H3,(H2,26,27,28). The van der Waals surface area contributed by atoms with Crippen molar-refractivity contribution in [2.75, 3.05) is 19.8 Å². The van der Waals surface area contributed by atoms with Gasteiger partial charge in [-0.15, -0.1) is 0 Å². The van der Waals surface area contributed by atoms with Gasteiger partial charge < -0.3 is 20.1 Å². The molecular formula is C25H31N5O2. The highest BCUT2D eigenvalue weighted by molar-refractivity contribution is 5.79. The maximum Gasteiger partial charge on any atom is 0.191 e. The van der Waals surface area contributed by atoms with Gasteiger partial charge in [0.05, 0.1) is 25.4 Å². The number of aryl methyl sites for hydroxylation is 1. The van der Waals surface area contributed by atoms with E-state index in [1.165, 1.54) is 5.56 Å². The Morgan fingerprint density at radius 3 is 2.94 bits per heavy atom. The summed E-state index contributed by atoms with van der Waals surface area (Å²) in [5, 5.41) is 11.1. The topological polar surface area (TPSA) is 72.7 Å². The van der Waals surface area contributed by atoms with Crippen LogP contribution in [0, 0.1) is 6.92 Å². The number of benzene rings is 2. The van der Waals surface area contributed by atoms with Gasteiger partial charge in [0.15, 0.2) is 5.96 Å². The van der Waals surface area contributed by atoms with Crippen molar-refractivity contribution in [1.29, 1.82) is 0 Å². The van der Waals surface area contributed by atoms with Crippen molar-refractivity contribution in [3.63, 3.8) is 0 Å². The molecule has 0 spiro atoms. The molecule has 1 saturated heterocycles. The second-order valence-electron chi connectivity index (χ2n) is 7.88. The first-order chi connectivity index (χ1) is 15.7. The third-order valence-electron chi connectivity index (χ3n) is 5.29. The molecule has 7 nitrogen and oxygen atoms in total. The molecule has 2 heterocycles. The van der Waals surface area contributed by atoms with Gasteiger partial charge in [-0.05, 0) is 49.2 Å². The summed E-state index contributed by atoms with van der Waals surface area (Å²) in [6, 6.07) is 16.5. The molecule has 168 valence electrons.